The standard InChI is InChI=1S/C25H25N3O6/c1-15(29)26-18-8-10-19(11-9-18)28-23(31)20-12-7-16(13-21(20)24(28)32)25(33)34-14-22(30)27-17-5-3-2-4-6-17/h7-13,17H,2-6,14H2,1H3,(H,26,29)(H,27,30). The molecule has 4 amide bonds. The van der Waals surface area contributed by atoms with E-state index in [2.05, 4.69) is 10.6 Å². The molecule has 176 valence electrons. The second-order valence-corrected chi connectivity index (χ2v) is 8.41. The number of amides is 4. The van der Waals surface area contributed by atoms with Gasteiger partial charge >= 0.3 is 5.97 Å². The highest BCUT2D eigenvalue weighted by Gasteiger charge is 2.37. The molecule has 9 nitrogen and oxygen atoms in total. The van der Waals surface area contributed by atoms with Gasteiger partial charge in [-0.2, -0.15) is 0 Å². The number of imide groups is 1. The van der Waals surface area contributed by atoms with Gasteiger partial charge in [0, 0.05) is 18.7 Å². The second-order valence-electron chi connectivity index (χ2n) is 8.41. The summed E-state index contributed by atoms with van der Waals surface area (Å²) in [6.07, 6.45) is 5.16. The van der Waals surface area contributed by atoms with Gasteiger partial charge < -0.3 is 15.4 Å². The van der Waals surface area contributed by atoms with E-state index in [1.54, 1.807) is 24.3 Å². The Bertz CT molecular complexity index is 1150. The van der Waals surface area contributed by atoms with E-state index in [0.717, 1.165) is 30.6 Å². The van der Waals surface area contributed by atoms with Crippen molar-refractivity contribution in [3.8, 4) is 0 Å². The van der Waals surface area contributed by atoms with Crippen molar-refractivity contribution in [3.63, 3.8) is 0 Å². The van der Waals surface area contributed by atoms with Gasteiger partial charge in [0.15, 0.2) is 6.61 Å². The highest BCUT2D eigenvalue weighted by Crippen LogP contribution is 2.30. The zero-order valence-corrected chi connectivity index (χ0v) is 18.8. The van der Waals surface area contributed by atoms with Crippen LogP contribution in [0.4, 0.5) is 11.4 Å². The minimum Gasteiger partial charge on any atom is -0.452 e. The van der Waals surface area contributed by atoms with Crippen LogP contribution in [0, 0.1) is 0 Å². The summed E-state index contributed by atoms with van der Waals surface area (Å²) in [5.74, 6) is -2.43. The van der Waals surface area contributed by atoms with Crippen LogP contribution >= 0.6 is 0 Å². The number of anilines is 2. The van der Waals surface area contributed by atoms with Gasteiger partial charge in [-0.3, -0.25) is 19.2 Å². The van der Waals surface area contributed by atoms with Crippen LogP contribution in [-0.4, -0.2) is 42.2 Å². The summed E-state index contributed by atoms with van der Waals surface area (Å²) in [4.78, 5) is 62.5. The number of benzene rings is 2. The van der Waals surface area contributed by atoms with Crippen molar-refractivity contribution in [1.82, 2.24) is 5.32 Å². The van der Waals surface area contributed by atoms with E-state index in [1.165, 1.54) is 31.5 Å². The molecule has 1 saturated carbocycles. The lowest BCUT2D eigenvalue weighted by Crippen LogP contribution is -2.38. The van der Waals surface area contributed by atoms with Crippen LogP contribution in [0.2, 0.25) is 0 Å². The number of carbonyl (C=O) groups is 5. The predicted octanol–water partition coefficient (Wildman–Crippen LogP) is 3.05. The van der Waals surface area contributed by atoms with Gasteiger partial charge in [0.2, 0.25) is 5.91 Å². The van der Waals surface area contributed by atoms with Crippen LogP contribution in [0.25, 0.3) is 0 Å². The van der Waals surface area contributed by atoms with E-state index in [-0.39, 0.29) is 34.5 Å². The van der Waals surface area contributed by atoms with Crippen LogP contribution in [0.3, 0.4) is 0 Å². The maximum absolute atomic E-state index is 13.0. The highest BCUT2D eigenvalue weighted by molar-refractivity contribution is 6.34. The zero-order valence-electron chi connectivity index (χ0n) is 18.8. The fraction of sp³-hybridized carbons (Fsp3) is 0.320. The van der Waals surface area contributed by atoms with Crippen molar-refractivity contribution >= 4 is 41.0 Å². The van der Waals surface area contributed by atoms with Crippen LogP contribution in [0.5, 0.6) is 0 Å². The van der Waals surface area contributed by atoms with Gasteiger partial charge in [0.05, 0.1) is 22.4 Å². The number of fused-ring (bicyclic) bond motifs is 1. The number of nitrogens with zero attached hydrogens (tertiary/aromatic N) is 1. The first-order valence-electron chi connectivity index (χ1n) is 11.2. The maximum Gasteiger partial charge on any atom is 0.338 e. The number of ether oxygens (including phenoxy) is 1. The smallest absolute Gasteiger partial charge is 0.338 e. The summed E-state index contributed by atoms with van der Waals surface area (Å²) >= 11 is 0. The molecule has 9 heteroatoms. The molecule has 1 aliphatic carbocycles. The topological polar surface area (TPSA) is 122 Å². The molecule has 0 atom stereocenters. The number of carbonyl (C=O) groups excluding carboxylic acids is 5. The number of esters is 1. The summed E-state index contributed by atoms with van der Waals surface area (Å²) in [6, 6.07) is 10.5. The van der Waals surface area contributed by atoms with Gasteiger partial charge in [-0.1, -0.05) is 19.3 Å². The normalized spacial score (nSPS) is 15.6. The predicted molar refractivity (Wildman–Crippen MR) is 124 cm³/mol. The first-order chi connectivity index (χ1) is 16.3. The SMILES string of the molecule is CC(=O)Nc1ccc(N2C(=O)c3ccc(C(=O)OCC(=O)NC4CCCCC4)cc3C2=O)cc1. The molecule has 1 aliphatic heterocycles. The number of rotatable bonds is 6. The number of hydrogen-bond acceptors (Lipinski definition) is 6. The largest absolute Gasteiger partial charge is 0.452 e. The summed E-state index contributed by atoms with van der Waals surface area (Å²) in [6.45, 7) is 0.968. The third kappa shape index (κ3) is 4.98. The molecule has 1 fully saturated rings. The maximum atomic E-state index is 13.0. The van der Waals surface area contributed by atoms with E-state index in [0.29, 0.717) is 11.4 Å². The van der Waals surface area contributed by atoms with E-state index in [1.807, 2.05) is 0 Å². The molecule has 0 spiro atoms. The lowest BCUT2D eigenvalue weighted by atomic mass is 9.95. The molecule has 2 N–H and O–H groups in total. The Balaban J connectivity index is 1.41. The molecule has 4 rings (SSSR count). The molecule has 0 bridgehead atoms. The minimum absolute atomic E-state index is 0.0771. The average Bonchev–Trinajstić information content (AvgIpc) is 3.08. The average molecular weight is 463 g/mol. The molecular weight excluding hydrogens is 438 g/mol. The van der Waals surface area contributed by atoms with Crippen LogP contribution in [0.15, 0.2) is 42.5 Å². The third-order valence-electron chi connectivity index (χ3n) is 5.87. The highest BCUT2D eigenvalue weighted by atomic mass is 16.5. The van der Waals surface area contributed by atoms with Crippen molar-refractivity contribution in [2.24, 2.45) is 0 Å². The molecule has 0 radical (unpaired) electrons. The lowest BCUT2D eigenvalue weighted by Gasteiger charge is -2.22. The second kappa shape index (κ2) is 9.86. The fourth-order valence-corrected chi connectivity index (χ4v) is 4.23. The number of nitrogens with one attached hydrogen (secondary N) is 2. The molecule has 2 aliphatic rings. The van der Waals surface area contributed by atoms with E-state index >= 15 is 0 Å². The van der Waals surface area contributed by atoms with Crippen molar-refractivity contribution in [2.45, 2.75) is 45.1 Å². The molecule has 0 saturated heterocycles. The minimum atomic E-state index is -0.750. The van der Waals surface area contributed by atoms with Crippen LogP contribution in [-0.2, 0) is 14.3 Å². The van der Waals surface area contributed by atoms with E-state index in [4.69, 9.17) is 4.74 Å². The van der Waals surface area contributed by atoms with Crippen molar-refractivity contribution in [1.29, 1.82) is 0 Å². The van der Waals surface area contributed by atoms with Gasteiger partial charge in [-0.15, -0.1) is 0 Å². The van der Waals surface area contributed by atoms with Gasteiger partial charge in [-0.25, -0.2) is 9.69 Å². The molecule has 0 aromatic heterocycles. The summed E-state index contributed by atoms with van der Waals surface area (Å²) < 4.78 is 5.11. The van der Waals surface area contributed by atoms with Gasteiger partial charge in [-0.05, 0) is 55.3 Å². The van der Waals surface area contributed by atoms with Gasteiger partial charge in [0.1, 0.15) is 0 Å². The Morgan fingerprint density at radius 3 is 2.29 bits per heavy atom. The first-order valence-corrected chi connectivity index (χ1v) is 11.2. The zero-order chi connectivity index (χ0) is 24.2. The molecule has 2 aromatic carbocycles. The molecular formula is C25H25N3O6. The van der Waals surface area contributed by atoms with Gasteiger partial charge in [0.25, 0.3) is 17.7 Å². The van der Waals surface area contributed by atoms with Crippen molar-refractivity contribution in [2.75, 3.05) is 16.8 Å². The Morgan fingerprint density at radius 2 is 1.62 bits per heavy atom. The Labute approximate surface area is 196 Å². The van der Waals surface area contributed by atoms with Crippen molar-refractivity contribution in [3.05, 3.63) is 59.2 Å². The Hall–Kier alpha value is -4.01. The quantitative estimate of drug-likeness (QED) is 0.502. The molecule has 2 aromatic rings. The van der Waals surface area contributed by atoms with E-state index in [9.17, 15) is 24.0 Å². The van der Waals surface area contributed by atoms with Crippen molar-refractivity contribution < 1.29 is 28.7 Å². The Morgan fingerprint density at radius 1 is 0.941 bits per heavy atom. The lowest BCUT2D eigenvalue weighted by molar-refractivity contribution is -0.125. The number of hydrogen-bond donors (Lipinski definition) is 2. The Kier molecular flexibility index (Phi) is 6.72. The molecule has 0 unspecified atom stereocenters. The molecule has 1 heterocycles. The fourth-order valence-electron chi connectivity index (χ4n) is 4.23. The summed E-state index contributed by atoms with van der Waals surface area (Å²) in [5, 5.41) is 5.49. The summed E-state index contributed by atoms with van der Waals surface area (Å²) in [7, 11) is 0. The van der Waals surface area contributed by atoms with Crippen LogP contribution < -0.4 is 15.5 Å². The third-order valence-corrected chi connectivity index (χ3v) is 5.87. The monoisotopic (exact) mass is 463 g/mol. The first kappa shape index (κ1) is 23.2. The molecule has 34 heavy (non-hydrogen) atoms. The summed E-state index contributed by atoms with van der Waals surface area (Å²) in [5.41, 5.74) is 1.20. The van der Waals surface area contributed by atoms with E-state index < -0.39 is 24.4 Å². The van der Waals surface area contributed by atoms with Crippen LogP contribution in [0.1, 0.15) is 70.1 Å².